The zero-order valence-electron chi connectivity index (χ0n) is 14.9. The molecule has 0 saturated heterocycles. The van der Waals surface area contributed by atoms with Crippen molar-refractivity contribution in [1.82, 2.24) is 0 Å². The van der Waals surface area contributed by atoms with E-state index in [1.807, 2.05) is 36.9 Å². The minimum absolute atomic E-state index is 0.0660. The Morgan fingerprint density at radius 1 is 1.08 bits per heavy atom. The third-order valence-corrected chi connectivity index (χ3v) is 4.54. The molecule has 3 rings (SSSR count). The van der Waals surface area contributed by atoms with E-state index in [4.69, 9.17) is 11.6 Å². The predicted octanol–water partition coefficient (Wildman–Crippen LogP) is 4.92. The fourth-order valence-electron chi connectivity index (χ4n) is 3.05. The van der Waals surface area contributed by atoms with E-state index in [-0.39, 0.29) is 17.9 Å². The van der Waals surface area contributed by atoms with Gasteiger partial charge in [0.15, 0.2) is 0 Å². The van der Waals surface area contributed by atoms with Crippen LogP contribution in [0, 0.1) is 5.92 Å². The largest absolute Gasteiger partial charge is 0.323 e. The molecule has 0 spiro atoms. The molecule has 2 aromatic rings. The van der Waals surface area contributed by atoms with Gasteiger partial charge in [-0.2, -0.15) is 0 Å². The molecular weight excluding hydrogens is 350 g/mol. The van der Waals surface area contributed by atoms with Gasteiger partial charge in [0.2, 0.25) is 5.91 Å². The predicted molar refractivity (Wildman–Crippen MR) is 106 cm³/mol. The van der Waals surface area contributed by atoms with Crippen LogP contribution >= 0.6 is 11.6 Å². The molecule has 0 unspecified atom stereocenters. The van der Waals surface area contributed by atoms with Crippen molar-refractivity contribution in [3.8, 4) is 0 Å². The first-order valence-corrected chi connectivity index (χ1v) is 9.09. The second-order valence-electron chi connectivity index (χ2n) is 6.68. The topological polar surface area (TPSA) is 61.4 Å². The highest BCUT2D eigenvalue weighted by Gasteiger charge is 2.24. The first kappa shape index (κ1) is 18.3. The number of nitrogens with zero attached hydrogens (tertiary/aromatic N) is 1. The summed E-state index contributed by atoms with van der Waals surface area (Å²) < 4.78 is 0. The first-order valence-electron chi connectivity index (χ1n) is 8.72. The maximum Gasteiger partial charge on any atom is 0.323 e. The maximum atomic E-state index is 12.5. The average Bonchev–Trinajstić information content (AvgIpc) is 2.60. The number of carbonyl (C=O) groups excluding carboxylic acids is 2. The lowest BCUT2D eigenvalue weighted by atomic mass is 9.99. The van der Waals surface area contributed by atoms with Crippen molar-refractivity contribution in [2.75, 3.05) is 22.1 Å². The van der Waals surface area contributed by atoms with Crippen molar-refractivity contribution in [1.29, 1.82) is 0 Å². The molecule has 5 nitrogen and oxygen atoms in total. The van der Waals surface area contributed by atoms with Gasteiger partial charge in [-0.05, 0) is 48.7 Å². The molecular formula is C20H22ClN3O2. The number of fused-ring (bicyclic) bond motifs is 1. The van der Waals surface area contributed by atoms with Gasteiger partial charge >= 0.3 is 6.03 Å². The van der Waals surface area contributed by atoms with E-state index >= 15 is 0 Å². The number of hydrogen-bond acceptors (Lipinski definition) is 2. The average molecular weight is 372 g/mol. The van der Waals surface area contributed by atoms with Crippen molar-refractivity contribution >= 4 is 40.6 Å². The van der Waals surface area contributed by atoms with E-state index in [1.54, 1.807) is 24.3 Å². The number of anilines is 3. The molecule has 3 amide bonds. The van der Waals surface area contributed by atoms with Crippen LogP contribution in [0.2, 0.25) is 5.02 Å². The SMILES string of the molecule is CC(C)C(=O)N1CCCc2ccc(NC(=O)Nc3cccc(Cl)c3)cc21. The van der Waals surface area contributed by atoms with E-state index in [0.29, 0.717) is 22.9 Å². The van der Waals surface area contributed by atoms with E-state index in [2.05, 4.69) is 10.6 Å². The number of amides is 3. The molecule has 1 aliphatic heterocycles. The zero-order chi connectivity index (χ0) is 18.7. The van der Waals surface area contributed by atoms with Gasteiger partial charge in [0.25, 0.3) is 0 Å². The number of nitrogens with one attached hydrogen (secondary N) is 2. The third-order valence-electron chi connectivity index (χ3n) is 4.30. The highest BCUT2D eigenvalue weighted by molar-refractivity contribution is 6.30. The van der Waals surface area contributed by atoms with E-state index < -0.39 is 0 Å². The van der Waals surface area contributed by atoms with Crippen LogP contribution in [0.25, 0.3) is 0 Å². The summed E-state index contributed by atoms with van der Waals surface area (Å²) in [5.41, 5.74) is 3.28. The van der Waals surface area contributed by atoms with Crippen LogP contribution in [-0.2, 0) is 11.2 Å². The van der Waals surface area contributed by atoms with Crippen LogP contribution in [0.1, 0.15) is 25.8 Å². The fourth-order valence-corrected chi connectivity index (χ4v) is 3.24. The summed E-state index contributed by atoms with van der Waals surface area (Å²) in [6.07, 6.45) is 1.89. The van der Waals surface area contributed by atoms with Crippen LogP contribution in [0.3, 0.4) is 0 Å². The first-order chi connectivity index (χ1) is 12.4. The van der Waals surface area contributed by atoms with Crippen molar-refractivity contribution in [2.45, 2.75) is 26.7 Å². The summed E-state index contributed by atoms with van der Waals surface area (Å²) in [4.78, 5) is 26.5. The van der Waals surface area contributed by atoms with Crippen LogP contribution in [0.15, 0.2) is 42.5 Å². The van der Waals surface area contributed by atoms with Crippen molar-refractivity contribution in [3.05, 3.63) is 53.1 Å². The van der Waals surface area contributed by atoms with Crippen molar-refractivity contribution in [2.24, 2.45) is 5.92 Å². The molecule has 0 aromatic heterocycles. The molecule has 0 fully saturated rings. The second kappa shape index (κ2) is 7.79. The van der Waals surface area contributed by atoms with Crippen molar-refractivity contribution < 1.29 is 9.59 Å². The summed E-state index contributed by atoms with van der Waals surface area (Å²) in [6, 6.07) is 12.3. The molecule has 26 heavy (non-hydrogen) atoms. The Morgan fingerprint density at radius 3 is 2.50 bits per heavy atom. The van der Waals surface area contributed by atoms with Gasteiger partial charge in [-0.3, -0.25) is 4.79 Å². The minimum Gasteiger partial charge on any atom is -0.312 e. The molecule has 2 aromatic carbocycles. The van der Waals surface area contributed by atoms with Crippen LogP contribution in [-0.4, -0.2) is 18.5 Å². The van der Waals surface area contributed by atoms with Gasteiger partial charge in [0, 0.05) is 34.5 Å². The molecule has 136 valence electrons. The quantitative estimate of drug-likeness (QED) is 0.804. The Labute approximate surface area is 158 Å². The lowest BCUT2D eigenvalue weighted by Gasteiger charge is -2.31. The van der Waals surface area contributed by atoms with Gasteiger partial charge in [-0.1, -0.05) is 37.6 Å². The Hall–Kier alpha value is -2.53. The number of hydrogen-bond donors (Lipinski definition) is 2. The molecule has 1 aliphatic rings. The van der Waals surface area contributed by atoms with E-state index in [1.165, 1.54) is 0 Å². The van der Waals surface area contributed by atoms with Gasteiger partial charge in [0.1, 0.15) is 0 Å². The van der Waals surface area contributed by atoms with Crippen molar-refractivity contribution in [3.63, 3.8) is 0 Å². The second-order valence-corrected chi connectivity index (χ2v) is 7.12. The van der Waals surface area contributed by atoms with E-state index in [0.717, 1.165) is 24.1 Å². The Bertz CT molecular complexity index is 836. The van der Waals surface area contributed by atoms with Crippen LogP contribution < -0.4 is 15.5 Å². The monoisotopic (exact) mass is 371 g/mol. The van der Waals surface area contributed by atoms with E-state index in [9.17, 15) is 9.59 Å². The summed E-state index contributed by atoms with van der Waals surface area (Å²) >= 11 is 5.93. The molecule has 0 bridgehead atoms. The summed E-state index contributed by atoms with van der Waals surface area (Å²) in [7, 11) is 0. The lowest BCUT2D eigenvalue weighted by molar-refractivity contribution is -0.121. The van der Waals surface area contributed by atoms with Crippen LogP contribution in [0.5, 0.6) is 0 Å². The fraction of sp³-hybridized carbons (Fsp3) is 0.300. The molecule has 0 atom stereocenters. The number of carbonyl (C=O) groups is 2. The van der Waals surface area contributed by atoms with Gasteiger partial charge in [-0.25, -0.2) is 4.79 Å². The molecule has 1 heterocycles. The Balaban J connectivity index is 1.76. The maximum absolute atomic E-state index is 12.5. The summed E-state index contributed by atoms with van der Waals surface area (Å²) in [5.74, 6) is 0.0372. The molecule has 0 radical (unpaired) electrons. The number of rotatable bonds is 3. The van der Waals surface area contributed by atoms with Gasteiger partial charge in [-0.15, -0.1) is 0 Å². The number of halogens is 1. The number of urea groups is 1. The molecule has 0 aliphatic carbocycles. The Morgan fingerprint density at radius 2 is 1.81 bits per heavy atom. The summed E-state index contributed by atoms with van der Waals surface area (Å²) in [5, 5.41) is 6.12. The van der Waals surface area contributed by atoms with Gasteiger partial charge < -0.3 is 15.5 Å². The molecule has 2 N–H and O–H groups in total. The normalized spacial score (nSPS) is 13.3. The van der Waals surface area contributed by atoms with Gasteiger partial charge in [0.05, 0.1) is 0 Å². The highest BCUT2D eigenvalue weighted by atomic mass is 35.5. The number of benzene rings is 2. The summed E-state index contributed by atoms with van der Waals surface area (Å²) in [6.45, 7) is 4.51. The minimum atomic E-state index is -0.357. The molecule has 0 saturated carbocycles. The standard InChI is InChI=1S/C20H22ClN3O2/c1-13(2)19(25)24-10-4-5-14-8-9-17(12-18(14)24)23-20(26)22-16-7-3-6-15(21)11-16/h3,6-9,11-13H,4-5,10H2,1-2H3,(H2,22,23,26). The number of aryl methyl sites for hydroxylation is 1. The lowest BCUT2D eigenvalue weighted by Crippen LogP contribution is -2.38. The zero-order valence-corrected chi connectivity index (χ0v) is 15.6. The highest BCUT2D eigenvalue weighted by Crippen LogP contribution is 2.31. The van der Waals surface area contributed by atoms with Crippen LogP contribution in [0.4, 0.5) is 21.9 Å². The smallest absolute Gasteiger partial charge is 0.312 e. The third kappa shape index (κ3) is 4.17. The Kier molecular flexibility index (Phi) is 5.47. The molecule has 6 heteroatoms.